The van der Waals surface area contributed by atoms with Crippen LogP contribution in [0.25, 0.3) is 0 Å². The van der Waals surface area contributed by atoms with Crippen molar-refractivity contribution in [2.24, 2.45) is 5.73 Å². The second kappa shape index (κ2) is 5.41. The third-order valence-corrected chi connectivity index (χ3v) is 4.32. The minimum absolute atomic E-state index is 0.194. The van der Waals surface area contributed by atoms with Crippen molar-refractivity contribution in [3.8, 4) is 0 Å². The summed E-state index contributed by atoms with van der Waals surface area (Å²) in [4.78, 5) is 2.41. The fourth-order valence-corrected chi connectivity index (χ4v) is 2.92. The molecule has 0 saturated carbocycles. The van der Waals surface area contributed by atoms with E-state index in [-0.39, 0.29) is 5.41 Å². The van der Waals surface area contributed by atoms with Gasteiger partial charge >= 0.3 is 0 Å². The van der Waals surface area contributed by atoms with Gasteiger partial charge in [0.15, 0.2) is 0 Å². The Morgan fingerprint density at radius 2 is 1.94 bits per heavy atom. The molecule has 2 rings (SSSR count). The van der Waals surface area contributed by atoms with Crippen molar-refractivity contribution in [3.63, 3.8) is 0 Å². The molecule has 1 atom stereocenters. The van der Waals surface area contributed by atoms with Crippen molar-refractivity contribution in [1.82, 2.24) is 4.90 Å². The summed E-state index contributed by atoms with van der Waals surface area (Å²) in [7, 11) is 2.21. The molecule has 0 radical (unpaired) electrons. The lowest BCUT2D eigenvalue weighted by atomic mass is 9.81. The largest absolute Gasteiger partial charge is 0.330 e. The predicted octanol–water partition coefficient (Wildman–Crippen LogP) is 2.73. The molecule has 0 aliphatic carbocycles. The van der Waals surface area contributed by atoms with Crippen LogP contribution in [0.3, 0.4) is 0 Å². The lowest BCUT2D eigenvalue weighted by Gasteiger charge is -2.25. The molecule has 2 nitrogen and oxygen atoms in total. The summed E-state index contributed by atoms with van der Waals surface area (Å²) in [6, 6.07) is 9.22. The third-order valence-electron chi connectivity index (χ3n) is 4.32. The Morgan fingerprint density at radius 3 is 2.44 bits per heavy atom. The number of nitrogens with two attached hydrogens (primary N) is 1. The Morgan fingerprint density at radius 1 is 1.28 bits per heavy atom. The van der Waals surface area contributed by atoms with Gasteiger partial charge in [0, 0.05) is 6.54 Å². The maximum atomic E-state index is 5.69. The maximum absolute atomic E-state index is 5.69. The normalized spacial score (nSPS) is 21.4. The standard InChI is InChI=1S/C16H26N2/c1-16(2,9-10-17)15-6-4-13(5-7-15)14-8-11-18(3)12-14/h4-7,14H,8-12,17H2,1-3H3. The molecule has 1 saturated heterocycles. The first-order valence-corrected chi connectivity index (χ1v) is 7.02. The zero-order valence-electron chi connectivity index (χ0n) is 11.9. The second-order valence-corrected chi connectivity index (χ2v) is 6.29. The molecule has 1 fully saturated rings. The van der Waals surface area contributed by atoms with Gasteiger partial charge in [0.05, 0.1) is 0 Å². The van der Waals surface area contributed by atoms with Crippen LogP contribution in [-0.2, 0) is 5.41 Å². The molecule has 18 heavy (non-hydrogen) atoms. The van der Waals surface area contributed by atoms with Gasteiger partial charge in [-0.3, -0.25) is 0 Å². The molecule has 1 heterocycles. The summed E-state index contributed by atoms with van der Waals surface area (Å²) in [6.07, 6.45) is 2.33. The first kappa shape index (κ1) is 13.6. The quantitative estimate of drug-likeness (QED) is 0.885. The van der Waals surface area contributed by atoms with Crippen LogP contribution in [0.1, 0.15) is 43.7 Å². The van der Waals surface area contributed by atoms with E-state index in [1.54, 1.807) is 0 Å². The van der Waals surface area contributed by atoms with Crippen molar-refractivity contribution in [2.75, 3.05) is 26.7 Å². The van der Waals surface area contributed by atoms with Gasteiger partial charge in [-0.05, 0) is 55.4 Å². The first-order chi connectivity index (χ1) is 8.53. The summed E-state index contributed by atoms with van der Waals surface area (Å²) in [6.45, 7) is 7.73. The monoisotopic (exact) mass is 246 g/mol. The highest BCUT2D eigenvalue weighted by atomic mass is 15.1. The van der Waals surface area contributed by atoms with Gasteiger partial charge in [0.2, 0.25) is 0 Å². The maximum Gasteiger partial charge on any atom is 0.00477 e. The number of benzene rings is 1. The zero-order valence-corrected chi connectivity index (χ0v) is 11.9. The van der Waals surface area contributed by atoms with E-state index in [1.807, 2.05) is 0 Å². The van der Waals surface area contributed by atoms with Crippen molar-refractivity contribution in [1.29, 1.82) is 0 Å². The molecule has 1 aliphatic heterocycles. The highest BCUT2D eigenvalue weighted by Gasteiger charge is 2.23. The van der Waals surface area contributed by atoms with Gasteiger partial charge in [-0.2, -0.15) is 0 Å². The van der Waals surface area contributed by atoms with Crippen molar-refractivity contribution < 1.29 is 0 Å². The molecule has 2 N–H and O–H groups in total. The van der Waals surface area contributed by atoms with Crippen LogP contribution in [0.15, 0.2) is 24.3 Å². The van der Waals surface area contributed by atoms with Gasteiger partial charge < -0.3 is 10.6 Å². The highest BCUT2D eigenvalue weighted by Crippen LogP contribution is 2.30. The number of hydrogen-bond acceptors (Lipinski definition) is 2. The van der Waals surface area contributed by atoms with E-state index in [2.05, 4.69) is 50.1 Å². The SMILES string of the molecule is CN1CCC(c2ccc(C(C)(C)CCN)cc2)C1. The van der Waals surface area contributed by atoms with E-state index in [0.29, 0.717) is 0 Å². The summed E-state index contributed by atoms with van der Waals surface area (Å²) >= 11 is 0. The molecule has 1 unspecified atom stereocenters. The molecule has 0 amide bonds. The van der Waals surface area contributed by atoms with E-state index in [9.17, 15) is 0 Å². The summed E-state index contributed by atoms with van der Waals surface area (Å²) < 4.78 is 0. The van der Waals surface area contributed by atoms with Crippen molar-refractivity contribution >= 4 is 0 Å². The Balaban J connectivity index is 2.10. The van der Waals surface area contributed by atoms with Crippen LogP contribution in [0, 0.1) is 0 Å². The van der Waals surface area contributed by atoms with Gasteiger partial charge in [-0.25, -0.2) is 0 Å². The summed E-state index contributed by atoms with van der Waals surface area (Å²) in [5.74, 6) is 0.724. The van der Waals surface area contributed by atoms with Gasteiger partial charge in [0.25, 0.3) is 0 Å². The Labute approximate surface area is 111 Å². The van der Waals surface area contributed by atoms with Crippen LogP contribution in [0.2, 0.25) is 0 Å². The number of nitrogens with zero attached hydrogens (tertiary/aromatic N) is 1. The van der Waals surface area contributed by atoms with Crippen LogP contribution < -0.4 is 5.73 Å². The van der Waals surface area contributed by atoms with Gasteiger partial charge in [0.1, 0.15) is 0 Å². The van der Waals surface area contributed by atoms with Gasteiger partial charge in [-0.15, -0.1) is 0 Å². The highest BCUT2D eigenvalue weighted by molar-refractivity contribution is 5.30. The minimum atomic E-state index is 0.194. The Kier molecular flexibility index (Phi) is 4.08. The van der Waals surface area contributed by atoms with Crippen molar-refractivity contribution in [2.45, 2.75) is 38.0 Å². The average Bonchev–Trinajstić information content (AvgIpc) is 2.76. The second-order valence-electron chi connectivity index (χ2n) is 6.29. The van der Waals surface area contributed by atoms with E-state index in [0.717, 1.165) is 18.9 Å². The Hall–Kier alpha value is -0.860. The molecule has 1 aromatic carbocycles. The molecule has 0 bridgehead atoms. The molecule has 100 valence electrons. The van der Waals surface area contributed by atoms with E-state index >= 15 is 0 Å². The molecular weight excluding hydrogens is 220 g/mol. The Bertz CT molecular complexity index is 381. The van der Waals surface area contributed by atoms with E-state index in [1.165, 1.54) is 30.6 Å². The predicted molar refractivity (Wildman–Crippen MR) is 78.0 cm³/mol. The lowest BCUT2D eigenvalue weighted by Crippen LogP contribution is -2.21. The summed E-state index contributed by atoms with van der Waals surface area (Å²) in [5, 5.41) is 0. The fraction of sp³-hybridized carbons (Fsp3) is 0.625. The van der Waals surface area contributed by atoms with E-state index < -0.39 is 0 Å². The fourth-order valence-electron chi connectivity index (χ4n) is 2.92. The molecule has 1 aliphatic rings. The topological polar surface area (TPSA) is 29.3 Å². The molecular formula is C16H26N2. The first-order valence-electron chi connectivity index (χ1n) is 7.02. The molecule has 0 aromatic heterocycles. The van der Waals surface area contributed by atoms with Gasteiger partial charge in [-0.1, -0.05) is 38.1 Å². The third kappa shape index (κ3) is 2.93. The lowest BCUT2D eigenvalue weighted by molar-refractivity contribution is 0.411. The van der Waals surface area contributed by atoms with Crippen LogP contribution in [0.4, 0.5) is 0 Å². The molecule has 1 aromatic rings. The van der Waals surface area contributed by atoms with Crippen LogP contribution >= 0.6 is 0 Å². The number of rotatable bonds is 4. The number of likely N-dealkylation sites (N-methyl/N-ethyl adjacent to an activating group) is 1. The molecule has 0 spiro atoms. The summed E-state index contributed by atoms with van der Waals surface area (Å²) in [5.41, 5.74) is 8.78. The minimum Gasteiger partial charge on any atom is -0.330 e. The number of likely N-dealkylation sites (tertiary alicyclic amines) is 1. The average molecular weight is 246 g/mol. The smallest absolute Gasteiger partial charge is 0.00477 e. The van der Waals surface area contributed by atoms with Crippen molar-refractivity contribution in [3.05, 3.63) is 35.4 Å². The zero-order chi connectivity index (χ0) is 13.2. The van der Waals surface area contributed by atoms with Crippen LogP contribution in [-0.4, -0.2) is 31.6 Å². The van der Waals surface area contributed by atoms with Crippen LogP contribution in [0.5, 0.6) is 0 Å². The van der Waals surface area contributed by atoms with E-state index in [4.69, 9.17) is 5.73 Å². The number of hydrogen-bond donors (Lipinski definition) is 1. The molecule has 2 heteroatoms.